The van der Waals surface area contributed by atoms with E-state index in [0.29, 0.717) is 0 Å². The van der Waals surface area contributed by atoms with Crippen LogP contribution in [0.5, 0.6) is 0 Å². The average molecular weight is 364 g/mol. The molecule has 0 saturated heterocycles. The van der Waals surface area contributed by atoms with E-state index in [1.807, 2.05) is 42.5 Å². The van der Waals surface area contributed by atoms with Gasteiger partial charge in [0, 0.05) is 24.2 Å². The highest BCUT2D eigenvalue weighted by atomic mass is 16.5. The van der Waals surface area contributed by atoms with E-state index in [2.05, 4.69) is 36.6 Å². The normalized spacial score (nSPS) is 12.8. The van der Waals surface area contributed by atoms with E-state index in [0.717, 1.165) is 34.5 Å². The number of aromatic nitrogens is 2. The lowest BCUT2D eigenvalue weighted by molar-refractivity contribution is -0.124. The van der Waals surface area contributed by atoms with Gasteiger partial charge in [-0.05, 0) is 50.9 Å². The molecule has 0 spiro atoms. The highest BCUT2D eigenvalue weighted by Crippen LogP contribution is 2.29. The Labute approximate surface area is 158 Å². The molecular formula is C21H24N4O2. The van der Waals surface area contributed by atoms with E-state index in [4.69, 9.17) is 10.2 Å². The van der Waals surface area contributed by atoms with Crippen LogP contribution < -0.4 is 5.48 Å². The largest absolute Gasteiger partial charge is 0.320 e. The molecule has 6 nitrogen and oxygen atoms in total. The van der Waals surface area contributed by atoms with Crippen LogP contribution in [0.4, 0.5) is 0 Å². The first-order valence-electron chi connectivity index (χ1n) is 8.84. The number of hydrogen-bond donors (Lipinski definition) is 2. The predicted octanol–water partition coefficient (Wildman–Crippen LogP) is 3.34. The molecule has 0 aliphatic heterocycles. The molecule has 27 heavy (non-hydrogen) atoms. The molecule has 0 fully saturated rings. The Morgan fingerprint density at radius 1 is 1.26 bits per heavy atom. The van der Waals surface area contributed by atoms with Crippen molar-refractivity contribution < 1.29 is 10.0 Å². The number of nitrogens with zero attached hydrogens (tertiary/aromatic N) is 3. The van der Waals surface area contributed by atoms with Crippen molar-refractivity contribution in [3.8, 4) is 11.4 Å². The molecule has 1 aromatic heterocycles. The smallest absolute Gasteiger partial charge is 0.267 e. The van der Waals surface area contributed by atoms with Crippen molar-refractivity contribution in [2.24, 2.45) is 0 Å². The molecule has 2 aromatic carbocycles. The molecule has 1 unspecified atom stereocenters. The zero-order chi connectivity index (χ0) is 19.4. The number of nitrogens with one attached hydrogen (secondary N) is 1. The summed E-state index contributed by atoms with van der Waals surface area (Å²) in [5, 5.41) is 8.63. The minimum absolute atomic E-state index is 0.238. The third-order valence-corrected chi connectivity index (χ3v) is 4.35. The number of fused-ring (bicyclic) bond motifs is 1. The number of rotatable bonds is 6. The summed E-state index contributed by atoms with van der Waals surface area (Å²) >= 11 is 0. The summed E-state index contributed by atoms with van der Waals surface area (Å²) in [6.07, 6.45) is 2.95. The van der Waals surface area contributed by atoms with Crippen molar-refractivity contribution in [1.29, 1.82) is 0 Å². The second kappa shape index (κ2) is 8.16. The molecule has 140 valence electrons. The summed E-state index contributed by atoms with van der Waals surface area (Å²) in [6.45, 7) is 3.08. The van der Waals surface area contributed by atoms with Gasteiger partial charge in [0.1, 0.15) is 5.82 Å². The quantitative estimate of drug-likeness (QED) is 0.400. The first-order valence-corrected chi connectivity index (χ1v) is 8.84. The topological polar surface area (TPSA) is 70.4 Å². The molecule has 0 aliphatic rings. The fourth-order valence-corrected chi connectivity index (χ4v) is 3.29. The summed E-state index contributed by atoms with van der Waals surface area (Å²) in [5.74, 6) is 0.333. The maximum absolute atomic E-state index is 11.2. The van der Waals surface area contributed by atoms with Gasteiger partial charge >= 0.3 is 0 Å². The number of likely N-dealkylation sites (N-methyl/N-ethyl adjacent to an activating group) is 1. The Kier molecular flexibility index (Phi) is 5.69. The van der Waals surface area contributed by atoms with Gasteiger partial charge in [0.25, 0.3) is 5.91 Å². The van der Waals surface area contributed by atoms with Gasteiger partial charge in [-0.15, -0.1) is 0 Å². The maximum atomic E-state index is 11.2. The molecule has 1 atom stereocenters. The van der Waals surface area contributed by atoms with E-state index in [1.165, 1.54) is 6.08 Å². The SMILES string of the molecule is CC(CN(C)C)n1c(-c2cccc(C=CC(=O)NO)c2)nc2ccccc21. The van der Waals surface area contributed by atoms with Crippen LogP contribution in [0, 0.1) is 0 Å². The molecule has 6 heteroatoms. The van der Waals surface area contributed by atoms with E-state index in [9.17, 15) is 4.79 Å². The highest BCUT2D eigenvalue weighted by Gasteiger charge is 2.17. The standard InChI is InChI=1S/C21H24N4O2/c1-15(14-24(2)3)25-19-10-5-4-9-18(19)22-21(25)17-8-6-7-16(13-17)11-12-20(26)23-27/h4-13,15,27H,14H2,1-3H3,(H,23,26). The van der Waals surface area contributed by atoms with Crippen molar-refractivity contribution >= 4 is 23.0 Å². The van der Waals surface area contributed by atoms with E-state index < -0.39 is 5.91 Å². The lowest BCUT2D eigenvalue weighted by atomic mass is 10.1. The molecule has 1 amide bonds. The molecular weight excluding hydrogens is 340 g/mol. The van der Waals surface area contributed by atoms with Crippen LogP contribution in [-0.4, -0.2) is 46.2 Å². The van der Waals surface area contributed by atoms with Crippen LogP contribution in [0.3, 0.4) is 0 Å². The summed E-state index contributed by atoms with van der Waals surface area (Å²) in [4.78, 5) is 18.3. The van der Waals surface area contributed by atoms with Gasteiger partial charge in [-0.2, -0.15) is 0 Å². The van der Waals surface area contributed by atoms with Crippen LogP contribution in [0.1, 0.15) is 18.5 Å². The fourth-order valence-electron chi connectivity index (χ4n) is 3.29. The Morgan fingerprint density at radius 2 is 2.04 bits per heavy atom. The Morgan fingerprint density at radius 3 is 2.78 bits per heavy atom. The number of hydroxylamine groups is 1. The Hall–Kier alpha value is -2.96. The van der Waals surface area contributed by atoms with Gasteiger partial charge in [-0.1, -0.05) is 30.3 Å². The Balaban J connectivity index is 2.08. The number of benzene rings is 2. The molecule has 3 aromatic rings. The van der Waals surface area contributed by atoms with Gasteiger partial charge in [0.15, 0.2) is 0 Å². The van der Waals surface area contributed by atoms with E-state index in [-0.39, 0.29) is 6.04 Å². The van der Waals surface area contributed by atoms with Gasteiger partial charge < -0.3 is 9.47 Å². The molecule has 0 radical (unpaired) electrons. The second-order valence-electron chi connectivity index (χ2n) is 6.84. The van der Waals surface area contributed by atoms with Crippen molar-refractivity contribution in [2.75, 3.05) is 20.6 Å². The van der Waals surface area contributed by atoms with E-state index >= 15 is 0 Å². The lowest BCUT2D eigenvalue weighted by Gasteiger charge is -2.21. The predicted molar refractivity (Wildman–Crippen MR) is 107 cm³/mol. The second-order valence-corrected chi connectivity index (χ2v) is 6.84. The number of amides is 1. The third-order valence-electron chi connectivity index (χ3n) is 4.35. The zero-order valence-electron chi connectivity index (χ0n) is 15.8. The summed E-state index contributed by atoms with van der Waals surface area (Å²) in [6, 6.07) is 16.2. The number of para-hydroxylation sites is 2. The fraction of sp³-hybridized carbons (Fsp3) is 0.238. The summed E-state index contributed by atoms with van der Waals surface area (Å²) < 4.78 is 2.26. The van der Waals surface area contributed by atoms with Gasteiger partial charge in [0.05, 0.1) is 11.0 Å². The van der Waals surface area contributed by atoms with E-state index in [1.54, 1.807) is 11.6 Å². The third kappa shape index (κ3) is 4.24. The highest BCUT2D eigenvalue weighted by molar-refractivity contribution is 5.91. The number of carbonyl (C=O) groups is 1. The lowest BCUT2D eigenvalue weighted by Crippen LogP contribution is -2.23. The number of hydrogen-bond acceptors (Lipinski definition) is 4. The molecule has 0 aliphatic carbocycles. The molecule has 1 heterocycles. The van der Waals surface area contributed by atoms with Crippen molar-refractivity contribution in [3.05, 3.63) is 60.2 Å². The van der Waals surface area contributed by atoms with Crippen LogP contribution in [0.15, 0.2) is 54.6 Å². The van der Waals surface area contributed by atoms with Gasteiger partial charge in [0.2, 0.25) is 0 Å². The summed E-state index contributed by atoms with van der Waals surface area (Å²) in [5.41, 5.74) is 5.48. The maximum Gasteiger partial charge on any atom is 0.267 e. The number of imidazole rings is 1. The van der Waals surface area contributed by atoms with Crippen LogP contribution in [0.2, 0.25) is 0 Å². The average Bonchev–Trinajstić information content (AvgIpc) is 3.05. The number of carbonyl (C=O) groups excluding carboxylic acids is 1. The molecule has 2 N–H and O–H groups in total. The van der Waals surface area contributed by atoms with Crippen LogP contribution >= 0.6 is 0 Å². The van der Waals surface area contributed by atoms with Gasteiger partial charge in [-0.3, -0.25) is 10.0 Å². The minimum atomic E-state index is -0.563. The summed E-state index contributed by atoms with van der Waals surface area (Å²) in [7, 11) is 4.12. The van der Waals surface area contributed by atoms with Crippen molar-refractivity contribution in [2.45, 2.75) is 13.0 Å². The molecule has 0 saturated carbocycles. The Bertz CT molecular complexity index is 975. The first-order chi connectivity index (χ1) is 13.0. The van der Waals surface area contributed by atoms with Crippen LogP contribution in [-0.2, 0) is 4.79 Å². The zero-order valence-corrected chi connectivity index (χ0v) is 15.8. The molecule has 0 bridgehead atoms. The van der Waals surface area contributed by atoms with Crippen LogP contribution in [0.25, 0.3) is 28.5 Å². The molecule has 3 rings (SSSR count). The van der Waals surface area contributed by atoms with Crippen molar-refractivity contribution in [1.82, 2.24) is 19.9 Å². The minimum Gasteiger partial charge on any atom is -0.320 e. The monoisotopic (exact) mass is 364 g/mol. The van der Waals surface area contributed by atoms with Crippen molar-refractivity contribution in [3.63, 3.8) is 0 Å². The first kappa shape index (κ1) is 18.8. The van der Waals surface area contributed by atoms with Gasteiger partial charge in [-0.25, -0.2) is 10.5 Å².